The maximum Gasteiger partial charge on any atom is 0.245 e. The lowest BCUT2D eigenvalue weighted by molar-refractivity contribution is -0.135. The second kappa shape index (κ2) is 9.93. The Morgan fingerprint density at radius 2 is 1.81 bits per heavy atom. The second-order valence-electron chi connectivity index (χ2n) is 7.40. The molecule has 1 saturated carbocycles. The highest BCUT2D eigenvalue weighted by atomic mass is 35.5. The lowest BCUT2D eigenvalue weighted by Gasteiger charge is -2.25. The molecule has 1 aliphatic carbocycles. The van der Waals surface area contributed by atoms with Crippen LogP contribution in [0.2, 0.25) is 0 Å². The maximum atomic E-state index is 12.9. The predicted molar refractivity (Wildman–Crippen MR) is 105 cm³/mol. The number of rotatable bonds is 6. The first kappa shape index (κ1) is 20.7. The van der Waals surface area contributed by atoms with Gasteiger partial charge in [0.1, 0.15) is 6.04 Å². The van der Waals surface area contributed by atoms with Crippen molar-refractivity contribution in [2.45, 2.75) is 57.0 Å². The number of carbonyl (C=O) groups is 2. The summed E-state index contributed by atoms with van der Waals surface area (Å²) in [6.45, 7) is 1.60. The number of halogens is 1. The van der Waals surface area contributed by atoms with Gasteiger partial charge in [0.05, 0.1) is 0 Å². The zero-order valence-corrected chi connectivity index (χ0v) is 16.0. The number of carbonyl (C=O) groups excluding carboxylic acids is 2. The fourth-order valence-corrected chi connectivity index (χ4v) is 4.02. The standard InChI is InChI=1S/C20H29N3O2.ClH/c21-17-10-6-9-16(17)14-19(24)22-18(13-15-7-2-1-3-8-15)20(25)23-11-4-5-12-23;/h1-3,7-8,16-18H,4-6,9-14,21H2,(H,22,24);1H/t16-,17+,18?;/m0./s1. The molecule has 0 spiro atoms. The van der Waals surface area contributed by atoms with E-state index in [-0.39, 0.29) is 36.2 Å². The molecule has 0 bridgehead atoms. The summed E-state index contributed by atoms with van der Waals surface area (Å²) in [7, 11) is 0. The molecule has 1 aliphatic heterocycles. The highest BCUT2D eigenvalue weighted by Crippen LogP contribution is 2.26. The maximum absolute atomic E-state index is 12.9. The molecule has 1 heterocycles. The molecule has 6 heteroatoms. The first-order chi connectivity index (χ1) is 12.1. The van der Waals surface area contributed by atoms with Crippen molar-refractivity contribution in [1.82, 2.24) is 10.2 Å². The summed E-state index contributed by atoms with van der Waals surface area (Å²) in [4.78, 5) is 27.3. The number of likely N-dealkylation sites (tertiary alicyclic amines) is 1. The van der Waals surface area contributed by atoms with E-state index in [4.69, 9.17) is 5.73 Å². The molecule has 1 aromatic rings. The minimum atomic E-state index is -0.481. The molecule has 3 rings (SSSR count). The molecule has 1 saturated heterocycles. The Balaban J connectivity index is 0.00000243. The Morgan fingerprint density at radius 3 is 2.42 bits per heavy atom. The molecule has 1 aromatic carbocycles. The van der Waals surface area contributed by atoms with Gasteiger partial charge in [0.15, 0.2) is 0 Å². The first-order valence-corrected chi connectivity index (χ1v) is 9.51. The number of hydrogen-bond donors (Lipinski definition) is 2. The smallest absolute Gasteiger partial charge is 0.245 e. The Bertz CT molecular complexity index is 590. The fourth-order valence-electron chi connectivity index (χ4n) is 4.02. The molecule has 1 unspecified atom stereocenters. The van der Waals surface area contributed by atoms with Crippen LogP contribution in [0.4, 0.5) is 0 Å². The minimum Gasteiger partial charge on any atom is -0.344 e. The van der Waals surface area contributed by atoms with E-state index in [0.717, 1.165) is 50.8 Å². The second-order valence-corrected chi connectivity index (χ2v) is 7.40. The summed E-state index contributed by atoms with van der Waals surface area (Å²) >= 11 is 0. The number of nitrogens with zero attached hydrogens (tertiary/aromatic N) is 1. The van der Waals surface area contributed by atoms with Gasteiger partial charge in [-0.25, -0.2) is 0 Å². The van der Waals surface area contributed by atoms with E-state index in [1.807, 2.05) is 35.2 Å². The van der Waals surface area contributed by atoms with Gasteiger partial charge >= 0.3 is 0 Å². The highest BCUT2D eigenvalue weighted by molar-refractivity contribution is 5.88. The summed E-state index contributed by atoms with van der Waals surface area (Å²) in [6.07, 6.45) is 6.18. The third-order valence-electron chi connectivity index (χ3n) is 5.50. The number of hydrogen-bond acceptors (Lipinski definition) is 3. The summed E-state index contributed by atoms with van der Waals surface area (Å²) in [5.41, 5.74) is 7.15. The van der Waals surface area contributed by atoms with E-state index < -0.39 is 6.04 Å². The van der Waals surface area contributed by atoms with Crippen LogP contribution < -0.4 is 11.1 Å². The summed E-state index contributed by atoms with van der Waals surface area (Å²) in [5.74, 6) is 0.250. The van der Waals surface area contributed by atoms with Crippen LogP contribution in [0.3, 0.4) is 0 Å². The molecule has 2 amide bonds. The Labute approximate surface area is 162 Å². The van der Waals surface area contributed by atoms with Crippen molar-refractivity contribution in [2.24, 2.45) is 11.7 Å². The zero-order chi connectivity index (χ0) is 17.6. The van der Waals surface area contributed by atoms with Crippen molar-refractivity contribution in [1.29, 1.82) is 0 Å². The van der Waals surface area contributed by atoms with Gasteiger partial charge in [-0.3, -0.25) is 9.59 Å². The topological polar surface area (TPSA) is 75.4 Å². The van der Waals surface area contributed by atoms with Crippen LogP contribution in [0.25, 0.3) is 0 Å². The van der Waals surface area contributed by atoms with Gasteiger partial charge in [-0.1, -0.05) is 36.8 Å². The number of benzene rings is 1. The average molecular weight is 380 g/mol. The van der Waals surface area contributed by atoms with Gasteiger partial charge < -0.3 is 16.0 Å². The molecule has 2 aliphatic rings. The van der Waals surface area contributed by atoms with Crippen molar-refractivity contribution >= 4 is 24.2 Å². The van der Waals surface area contributed by atoms with Crippen molar-refractivity contribution < 1.29 is 9.59 Å². The first-order valence-electron chi connectivity index (χ1n) is 9.51. The summed E-state index contributed by atoms with van der Waals surface area (Å²) in [6, 6.07) is 9.53. The molecule has 0 radical (unpaired) electrons. The quantitative estimate of drug-likeness (QED) is 0.796. The van der Waals surface area contributed by atoms with Crippen LogP contribution in [0.1, 0.15) is 44.1 Å². The third-order valence-corrected chi connectivity index (χ3v) is 5.50. The van der Waals surface area contributed by atoms with Crippen LogP contribution in [0.5, 0.6) is 0 Å². The van der Waals surface area contributed by atoms with E-state index in [9.17, 15) is 9.59 Å². The van der Waals surface area contributed by atoms with Gasteiger partial charge in [0.2, 0.25) is 11.8 Å². The number of nitrogens with one attached hydrogen (secondary N) is 1. The molecule has 3 atom stereocenters. The lowest BCUT2D eigenvalue weighted by atomic mass is 9.99. The van der Waals surface area contributed by atoms with E-state index in [1.54, 1.807) is 0 Å². The summed E-state index contributed by atoms with van der Waals surface area (Å²) < 4.78 is 0. The molecule has 5 nitrogen and oxygen atoms in total. The predicted octanol–water partition coefficient (Wildman–Crippen LogP) is 2.28. The van der Waals surface area contributed by atoms with E-state index in [0.29, 0.717) is 12.8 Å². The Kier molecular flexibility index (Phi) is 7.91. The van der Waals surface area contributed by atoms with Crippen LogP contribution in [-0.4, -0.2) is 41.9 Å². The largest absolute Gasteiger partial charge is 0.344 e. The average Bonchev–Trinajstić information content (AvgIpc) is 3.27. The van der Waals surface area contributed by atoms with E-state index in [2.05, 4.69) is 5.32 Å². The molecule has 144 valence electrons. The van der Waals surface area contributed by atoms with Crippen LogP contribution >= 0.6 is 12.4 Å². The van der Waals surface area contributed by atoms with Gasteiger partial charge in [0, 0.05) is 32.0 Å². The fraction of sp³-hybridized carbons (Fsp3) is 0.600. The summed E-state index contributed by atoms with van der Waals surface area (Å²) in [5, 5.41) is 3.00. The highest BCUT2D eigenvalue weighted by Gasteiger charge is 2.30. The van der Waals surface area contributed by atoms with Gasteiger partial charge in [-0.2, -0.15) is 0 Å². The van der Waals surface area contributed by atoms with Crippen LogP contribution in [0, 0.1) is 5.92 Å². The molecule has 2 fully saturated rings. The van der Waals surface area contributed by atoms with E-state index in [1.165, 1.54) is 0 Å². The molecular weight excluding hydrogens is 350 g/mol. The van der Waals surface area contributed by atoms with Gasteiger partial charge in [-0.05, 0) is 37.2 Å². The van der Waals surface area contributed by atoms with Crippen LogP contribution in [-0.2, 0) is 16.0 Å². The van der Waals surface area contributed by atoms with Crippen molar-refractivity contribution in [2.75, 3.05) is 13.1 Å². The number of nitrogens with two attached hydrogens (primary N) is 1. The number of amides is 2. The van der Waals surface area contributed by atoms with Crippen LogP contribution in [0.15, 0.2) is 30.3 Å². The van der Waals surface area contributed by atoms with Crippen molar-refractivity contribution in [3.63, 3.8) is 0 Å². The van der Waals surface area contributed by atoms with Crippen molar-refractivity contribution in [3.8, 4) is 0 Å². The van der Waals surface area contributed by atoms with Gasteiger partial charge in [-0.15, -0.1) is 12.4 Å². The van der Waals surface area contributed by atoms with Gasteiger partial charge in [0.25, 0.3) is 0 Å². The molecule has 0 aromatic heterocycles. The third kappa shape index (κ3) is 5.45. The Morgan fingerprint density at radius 1 is 1.12 bits per heavy atom. The van der Waals surface area contributed by atoms with E-state index >= 15 is 0 Å². The SMILES string of the molecule is Cl.N[C@@H]1CCC[C@H]1CC(=O)NC(Cc1ccccc1)C(=O)N1CCCC1. The zero-order valence-electron chi connectivity index (χ0n) is 15.2. The monoisotopic (exact) mass is 379 g/mol. The molecular formula is C20H30ClN3O2. The minimum absolute atomic E-state index is 0. The van der Waals surface area contributed by atoms with Crippen molar-refractivity contribution in [3.05, 3.63) is 35.9 Å². The molecule has 26 heavy (non-hydrogen) atoms. The normalized spacial score (nSPS) is 23.3. The molecule has 3 N–H and O–H groups in total. The Hall–Kier alpha value is -1.59. The lowest BCUT2D eigenvalue weighted by Crippen LogP contribution is -2.49.